The van der Waals surface area contributed by atoms with Crippen LogP contribution in [0.1, 0.15) is 52.9 Å². The zero-order chi connectivity index (χ0) is 16.9. The monoisotopic (exact) mass is 340 g/mol. The van der Waals surface area contributed by atoms with Crippen LogP contribution < -0.4 is 0 Å². The summed E-state index contributed by atoms with van der Waals surface area (Å²) in [6, 6.07) is 0. The lowest BCUT2D eigenvalue weighted by atomic mass is 9.82. The zero-order valence-electron chi connectivity index (χ0n) is 16.0. The largest absolute Gasteiger partial charge is 0.412 e. The third kappa shape index (κ3) is 4.02. The second kappa shape index (κ2) is 6.12. The Labute approximate surface area is 143 Å². The average molecular weight is 341 g/mol. The summed E-state index contributed by atoms with van der Waals surface area (Å²) in [5.41, 5.74) is 0.256. The molecular formula is C19H36O3Si. The Balaban J connectivity index is 1.58. The van der Waals surface area contributed by atoms with Gasteiger partial charge in [0.15, 0.2) is 14.1 Å². The maximum atomic E-state index is 6.58. The molecule has 134 valence electrons. The maximum Gasteiger partial charge on any atom is 0.184 e. The fraction of sp³-hybridized carbons (Fsp3) is 1.00. The molecule has 2 saturated carbocycles. The molecular weight excluding hydrogens is 304 g/mol. The predicted octanol–water partition coefficient (Wildman–Crippen LogP) is 4.82. The number of fused-ring (bicyclic) bond motifs is 1. The Hall–Kier alpha value is 0.0969. The normalized spacial score (nSPS) is 37.2. The molecule has 2 unspecified atom stereocenters. The molecule has 3 nitrogen and oxygen atoms in total. The summed E-state index contributed by atoms with van der Waals surface area (Å²) in [6.45, 7) is 15.4. The third-order valence-electron chi connectivity index (χ3n) is 5.85. The van der Waals surface area contributed by atoms with Crippen molar-refractivity contribution < 1.29 is 13.9 Å². The van der Waals surface area contributed by atoms with Gasteiger partial charge in [-0.05, 0) is 62.6 Å². The Morgan fingerprint density at radius 3 is 2.26 bits per heavy atom. The summed E-state index contributed by atoms with van der Waals surface area (Å²) in [7, 11) is -1.44. The number of hydrogen-bond donors (Lipinski definition) is 0. The maximum absolute atomic E-state index is 6.58. The van der Waals surface area contributed by atoms with Crippen LogP contribution in [0, 0.1) is 23.7 Å². The summed E-state index contributed by atoms with van der Waals surface area (Å²) >= 11 is 0. The first-order valence-corrected chi connectivity index (χ1v) is 13.0. The van der Waals surface area contributed by atoms with Crippen LogP contribution in [0.15, 0.2) is 0 Å². The van der Waals surface area contributed by atoms with Crippen LogP contribution in [0.2, 0.25) is 19.6 Å². The van der Waals surface area contributed by atoms with Crippen molar-refractivity contribution in [3.63, 3.8) is 0 Å². The van der Waals surface area contributed by atoms with Gasteiger partial charge in [-0.15, -0.1) is 0 Å². The van der Waals surface area contributed by atoms with E-state index in [4.69, 9.17) is 13.9 Å². The van der Waals surface area contributed by atoms with Gasteiger partial charge in [0.25, 0.3) is 0 Å². The molecule has 3 rings (SSSR count). The molecule has 0 amide bonds. The van der Waals surface area contributed by atoms with Crippen LogP contribution in [-0.2, 0) is 13.9 Å². The van der Waals surface area contributed by atoms with Gasteiger partial charge in [0, 0.05) is 12.8 Å². The van der Waals surface area contributed by atoms with E-state index in [-0.39, 0.29) is 11.4 Å². The first-order chi connectivity index (χ1) is 10.6. The second-order valence-corrected chi connectivity index (χ2v) is 14.2. The summed E-state index contributed by atoms with van der Waals surface area (Å²) in [5.74, 6) is 2.56. The summed E-state index contributed by atoms with van der Waals surface area (Å²) in [5, 5.41) is 0. The van der Waals surface area contributed by atoms with E-state index in [0.29, 0.717) is 11.8 Å². The van der Waals surface area contributed by atoms with Crippen molar-refractivity contribution in [1.82, 2.24) is 0 Å². The highest BCUT2D eigenvalue weighted by Crippen LogP contribution is 2.63. The molecule has 0 spiro atoms. The lowest BCUT2D eigenvalue weighted by Crippen LogP contribution is -2.36. The molecule has 0 aromatic rings. The van der Waals surface area contributed by atoms with Gasteiger partial charge >= 0.3 is 0 Å². The molecule has 1 aliphatic heterocycles. The Morgan fingerprint density at radius 2 is 1.70 bits per heavy atom. The lowest BCUT2D eigenvalue weighted by Gasteiger charge is -2.34. The Morgan fingerprint density at radius 1 is 1.04 bits per heavy atom. The number of rotatable bonds is 7. The van der Waals surface area contributed by atoms with E-state index in [1.54, 1.807) is 0 Å². The minimum atomic E-state index is -1.44. The van der Waals surface area contributed by atoms with Crippen molar-refractivity contribution in [2.75, 3.05) is 13.2 Å². The zero-order valence-corrected chi connectivity index (χ0v) is 17.0. The van der Waals surface area contributed by atoms with Crippen LogP contribution in [0.4, 0.5) is 0 Å². The van der Waals surface area contributed by atoms with Gasteiger partial charge in [0.05, 0.1) is 18.8 Å². The van der Waals surface area contributed by atoms with Crippen LogP contribution in [0.3, 0.4) is 0 Å². The van der Waals surface area contributed by atoms with Crippen LogP contribution in [0.5, 0.6) is 0 Å². The van der Waals surface area contributed by atoms with Crippen molar-refractivity contribution >= 4 is 8.32 Å². The molecule has 4 atom stereocenters. The van der Waals surface area contributed by atoms with E-state index in [1.807, 2.05) is 0 Å². The molecule has 0 aromatic carbocycles. The smallest absolute Gasteiger partial charge is 0.184 e. The fourth-order valence-electron chi connectivity index (χ4n) is 5.10. The topological polar surface area (TPSA) is 27.7 Å². The molecule has 0 radical (unpaired) electrons. The first kappa shape index (κ1) is 17.9. The predicted molar refractivity (Wildman–Crippen MR) is 95.9 cm³/mol. The first-order valence-electron chi connectivity index (χ1n) is 9.61. The SMILES string of the molecule is CC(C)CC1(C[C@@H](C)[C@@H]2CC3CC3(O[Si](C)(C)C)C2)OCCO1. The molecule has 1 heterocycles. The van der Waals surface area contributed by atoms with Crippen molar-refractivity contribution in [2.45, 2.75) is 83.9 Å². The van der Waals surface area contributed by atoms with Crippen molar-refractivity contribution in [3.8, 4) is 0 Å². The Bertz CT molecular complexity index is 425. The highest BCUT2D eigenvalue weighted by molar-refractivity contribution is 6.69. The van der Waals surface area contributed by atoms with E-state index in [2.05, 4.69) is 40.4 Å². The summed E-state index contributed by atoms with van der Waals surface area (Å²) in [6.07, 6.45) is 5.99. The standard InChI is InChI=1S/C19H36O3Si/c1-14(2)10-19(20-7-8-21-19)11-15(3)16-9-17-13-18(17,12-16)22-23(4,5)6/h14-17H,7-13H2,1-6H3/t15-,16-,17?,18?/m1/s1. The van der Waals surface area contributed by atoms with Gasteiger partial charge in [-0.2, -0.15) is 0 Å². The van der Waals surface area contributed by atoms with Gasteiger partial charge in [-0.3, -0.25) is 0 Å². The molecule has 2 aliphatic carbocycles. The summed E-state index contributed by atoms with van der Waals surface area (Å²) in [4.78, 5) is 0. The van der Waals surface area contributed by atoms with Gasteiger partial charge in [0.2, 0.25) is 0 Å². The van der Waals surface area contributed by atoms with Gasteiger partial charge in [0.1, 0.15) is 0 Å². The highest BCUT2D eigenvalue weighted by Gasteiger charge is 2.63. The van der Waals surface area contributed by atoms with E-state index < -0.39 is 8.32 Å². The van der Waals surface area contributed by atoms with Crippen molar-refractivity contribution in [2.24, 2.45) is 23.7 Å². The van der Waals surface area contributed by atoms with E-state index >= 15 is 0 Å². The minimum Gasteiger partial charge on any atom is -0.412 e. The van der Waals surface area contributed by atoms with E-state index in [0.717, 1.165) is 37.9 Å². The molecule has 0 aromatic heterocycles. The van der Waals surface area contributed by atoms with Crippen molar-refractivity contribution in [3.05, 3.63) is 0 Å². The van der Waals surface area contributed by atoms with Gasteiger partial charge in [-0.1, -0.05) is 20.8 Å². The second-order valence-electron chi connectivity index (χ2n) is 9.77. The quantitative estimate of drug-likeness (QED) is 0.622. The third-order valence-corrected chi connectivity index (χ3v) is 6.87. The number of hydrogen-bond acceptors (Lipinski definition) is 3. The molecule has 0 bridgehead atoms. The Kier molecular flexibility index (Phi) is 4.76. The van der Waals surface area contributed by atoms with Crippen LogP contribution in [-0.4, -0.2) is 32.9 Å². The summed E-state index contributed by atoms with van der Waals surface area (Å²) < 4.78 is 18.7. The molecule has 0 N–H and O–H groups in total. The van der Waals surface area contributed by atoms with Crippen molar-refractivity contribution in [1.29, 1.82) is 0 Å². The van der Waals surface area contributed by atoms with E-state index in [1.165, 1.54) is 19.3 Å². The van der Waals surface area contributed by atoms with Gasteiger partial charge in [-0.25, -0.2) is 0 Å². The number of ether oxygens (including phenoxy) is 2. The molecule has 3 aliphatic rings. The highest BCUT2D eigenvalue weighted by atomic mass is 28.4. The minimum absolute atomic E-state index is 0.256. The lowest BCUT2D eigenvalue weighted by molar-refractivity contribution is -0.182. The molecule has 4 heteroatoms. The van der Waals surface area contributed by atoms with Crippen LogP contribution in [0.25, 0.3) is 0 Å². The molecule has 23 heavy (non-hydrogen) atoms. The molecule has 3 fully saturated rings. The van der Waals surface area contributed by atoms with Gasteiger partial charge < -0.3 is 13.9 Å². The average Bonchev–Trinajstić information content (AvgIpc) is 2.75. The molecule has 1 saturated heterocycles. The fourth-order valence-corrected chi connectivity index (χ4v) is 6.66. The van der Waals surface area contributed by atoms with E-state index in [9.17, 15) is 0 Å². The van der Waals surface area contributed by atoms with Crippen LogP contribution >= 0.6 is 0 Å².